The first kappa shape index (κ1) is 17.3. The van der Waals surface area contributed by atoms with Crippen molar-refractivity contribution in [3.8, 4) is 11.1 Å². The zero-order chi connectivity index (χ0) is 18.9. The highest BCUT2D eigenvalue weighted by molar-refractivity contribution is 5.82. The number of benzene rings is 3. The van der Waals surface area contributed by atoms with Crippen molar-refractivity contribution >= 4 is 11.0 Å². The van der Waals surface area contributed by atoms with E-state index in [0.717, 1.165) is 45.7 Å². The molecular formula is C22H17F3N2. The summed E-state index contributed by atoms with van der Waals surface area (Å²) in [5.41, 5.74) is 4.33. The zero-order valence-electron chi connectivity index (χ0n) is 14.4. The second-order valence-electron chi connectivity index (χ2n) is 6.48. The molecule has 3 aromatic carbocycles. The van der Waals surface area contributed by atoms with Gasteiger partial charge in [0, 0.05) is 6.42 Å². The first-order valence-electron chi connectivity index (χ1n) is 8.69. The van der Waals surface area contributed by atoms with E-state index in [-0.39, 0.29) is 0 Å². The topological polar surface area (TPSA) is 28.7 Å². The fourth-order valence-electron chi connectivity index (χ4n) is 3.11. The molecule has 0 radical (unpaired) electrons. The zero-order valence-corrected chi connectivity index (χ0v) is 14.4. The number of alkyl halides is 3. The third-order valence-electron chi connectivity index (χ3n) is 4.57. The Kier molecular flexibility index (Phi) is 4.44. The van der Waals surface area contributed by atoms with Gasteiger partial charge in [-0.25, -0.2) is 4.98 Å². The van der Waals surface area contributed by atoms with Crippen molar-refractivity contribution in [1.29, 1.82) is 0 Å². The minimum atomic E-state index is -4.30. The maximum Gasteiger partial charge on any atom is 0.416 e. The molecular weight excluding hydrogens is 349 g/mol. The van der Waals surface area contributed by atoms with E-state index in [9.17, 15) is 13.2 Å². The summed E-state index contributed by atoms with van der Waals surface area (Å²) in [5, 5.41) is 0. The van der Waals surface area contributed by atoms with Crippen molar-refractivity contribution in [2.75, 3.05) is 0 Å². The molecule has 4 aromatic rings. The third-order valence-corrected chi connectivity index (χ3v) is 4.57. The molecule has 0 aliphatic heterocycles. The van der Waals surface area contributed by atoms with Gasteiger partial charge in [-0.05, 0) is 47.4 Å². The van der Waals surface area contributed by atoms with Crippen molar-refractivity contribution < 1.29 is 13.2 Å². The average Bonchev–Trinajstić information content (AvgIpc) is 3.09. The molecule has 0 fully saturated rings. The number of hydrogen-bond acceptors (Lipinski definition) is 1. The second kappa shape index (κ2) is 6.91. The van der Waals surface area contributed by atoms with Gasteiger partial charge in [0.25, 0.3) is 0 Å². The number of aryl methyl sites for hydroxylation is 2. The van der Waals surface area contributed by atoms with Crippen LogP contribution in [0.3, 0.4) is 0 Å². The molecule has 1 N–H and O–H groups in total. The molecule has 0 saturated carbocycles. The van der Waals surface area contributed by atoms with E-state index in [1.807, 2.05) is 30.3 Å². The number of aromatic amines is 1. The summed E-state index contributed by atoms with van der Waals surface area (Å²) in [6.07, 6.45) is -3.03. The molecule has 1 heterocycles. The van der Waals surface area contributed by atoms with E-state index in [1.165, 1.54) is 12.1 Å². The number of imidazole rings is 1. The molecule has 2 nitrogen and oxygen atoms in total. The predicted octanol–water partition coefficient (Wildman–Crippen LogP) is 6.03. The van der Waals surface area contributed by atoms with Gasteiger partial charge in [-0.15, -0.1) is 0 Å². The third kappa shape index (κ3) is 3.87. The summed E-state index contributed by atoms with van der Waals surface area (Å²) in [7, 11) is 0. The molecule has 5 heteroatoms. The molecule has 0 aliphatic carbocycles. The van der Waals surface area contributed by atoms with E-state index in [2.05, 4.69) is 28.2 Å². The van der Waals surface area contributed by atoms with Gasteiger partial charge in [0.15, 0.2) is 0 Å². The summed E-state index contributed by atoms with van der Waals surface area (Å²) >= 11 is 0. The maximum absolute atomic E-state index is 12.6. The van der Waals surface area contributed by atoms with Crippen LogP contribution >= 0.6 is 0 Å². The molecule has 136 valence electrons. The Hall–Kier alpha value is -3.08. The van der Waals surface area contributed by atoms with Crippen LogP contribution in [0.5, 0.6) is 0 Å². The quantitative estimate of drug-likeness (QED) is 0.469. The molecule has 27 heavy (non-hydrogen) atoms. The van der Waals surface area contributed by atoms with E-state index in [1.54, 1.807) is 0 Å². The van der Waals surface area contributed by atoms with Crippen LogP contribution in [0.4, 0.5) is 13.2 Å². The van der Waals surface area contributed by atoms with Crippen molar-refractivity contribution in [3.63, 3.8) is 0 Å². The first-order valence-corrected chi connectivity index (χ1v) is 8.69. The number of halogens is 3. The van der Waals surface area contributed by atoms with E-state index >= 15 is 0 Å². The molecule has 0 atom stereocenters. The van der Waals surface area contributed by atoms with Gasteiger partial charge >= 0.3 is 6.18 Å². The van der Waals surface area contributed by atoms with Crippen LogP contribution in [0.15, 0.2) is 72.8 Å². The van der Waals surface area contributed by atoms with Crippen molar-refractivity contribution in [2.45, 2.75) is 19.0 Å². The number of hydrogen-bond donors (Lipinski definition) is 1. The van der Waals surface area contributed by atoms with Crippen molar-refractivity contribution in [1.82, 2.24) is 9.97 Å². The van der Waals surface area contributed by atoms with Gasteiger partial charge in [0.1, 0.15) is 5.82 Å². The minimum Gasteiger partial charge on any atom is -0.342 e. The number of aromatic nitrogens is 2. The van der Waals surface area contributed by atoms with Gasteiger partial charge in [0.05, 0.1) is 16.6 Å². The summed E-state index contributed by atoms with van der Waals surface area (Å²) in [4.78, 5) is 7.90. The molecule has 0 amide bonds. The molecule has 0 aliphatic rings. The number of rotatable bonds is 4. The first-order chi connectivity index (χ1) is 13.0. The largest absolute Gasteiger partial charge is 0.416 e. The van der Waals surface area contributed by atoms with Gasteiger partial charge in [-0.1, -0.05) is 48.5 Å². The number of fused-ring (bicyclic) bond motifs is 1. The van der Waals surface area contributed by atoms with Gasteiger partial charge in [0.2, 0.25) is 0 Å². The fraction of sp³-hybridized carbons (Fsp3) is 0.136. The highest BCUT2D eigenvalue weighted by Crippen LogP contribution is 2.29. The molecule has 0 spiro atoms. The highest BCUT2D eigenvalue weighted by Gasteiger charge is 2.29. The Morgan fingerprint density at radius 3 is 2.22 bits per heavy atom. The Morgan fingerprint density at radius 2 is 1.52 bits per heavy atom. The Labute approximate surface area is 154 Å². The maximum atomic E-state index is 12.6. The SMILES string of the molecule is FC(F)(F)c1ccc(CCc2nc3ccc(-c4ccccc4)cc3[nH]2)cc1. The van der Waals surface area contributed by atoms with E-state index in [0.29, 0.717) is 12.8 Å². The molecule has 0 saturated heterocycles. The number of nitrogens with zero attached hydrogens (tertiary/aromatic N) is 1. The van der Waals surface area contributed by atoms with Crippen LogP contribution in [0.2, 0.25) is 0 Å². The normalized spacial score (nSPS) is 11.8. The van der Waals surface area contributed by atoms with Gasteiger partial charge in [-0.2, -0.15) is 13.2 Å². The summed E-state index contributed by atoms with van der Waals surface area (Å²) in [6.45, 7) is 0. The molecule has 4 rings (SSSR count). The minimum absolute atomic E-state index is 0.622. The van der Waals surface area contributed by atoms with Crippen molar-refractivity contribution in [2.24, 2.45) is 0 Å². The summed E-state index contributed by atoms with van der Waals surface area (Å²) < 4.78 is 37.9. The lowest BCUT2D eigenvalue weighted by atomic mass is 10.1. The van der Waals surface area contributed by atoms with Crippen LogP contribution in [-0.4, -0.2) is 9.97 Å². The number of nitrogens with one attached hydrogen (secondary N) is 1. The van der Waals surface area contributed by atoms with Crippen LogP contribution in [0.1, 0.15) is 17.0 Å². The van der Waals surface area contributed by atoms with Crippen molar-refractivity contribution in [3.05, 3.63) is 89.7 Å². The monoisotopic (exact) mass is 366 g/mol. The Balaban J connectivity index is 1.49. The Bertz CT molecular complexity index is 1050. The average molecular weight is 366 g/mol. The van der Waals surface area contributed by atoms with Crippen LogP contribution in [0, 0.1) is 0 Å². The standard InChI is InChI=1S/C22H17F3N2/c23-22(24,25)18-10-6-15(7-11-18)8-13-21-26-19-12-9-17(14-20(19)27-21)16-4-2-1-3-5-16/h1-7,9-12,14H,8,13H2,(H,26,27). The Morgan fingerprint density at radius 1 is 0.778 bits per heavy atom. The molecule has 1 aromatic heterocycles. The highest BCUT2D eigenvalue weighted by atomic mass is 19.4. The molecule has 0 unspecified atom stereocenters. The van der Waals surface area contributed by atoms with Gasteiger partial charge in [-0.3, -0.25) is 0 Å². The summed E-state index contributed by atoms with van der Waals surface area (Å²) in [5.74, 6) is 0.829. The van der Waals surface area contributed by atoms with Gasteiger partial charge < -0.3 is 4.98 Å². The molecule has 0 bridgehead atoms. The fourth-order valence-corrected chi connectivity index (χ4v) is 3.11. The summed E-state index contributed by atoms with van der Waals surface area (Å²) in [6, 6.07) is 21.5. The predicted molar refractivity (Wildman–Crippen MR) is 100 cm³/mol. The van der Waals surface area contributed by atoms with Crippen LogP contribution < -0.4 is 0 Å². The smallest absolute Gasteiger partial charge is 0.342 e. The number of H-pyrrole nitrogens is 1. The lowest BCUT2D eigenvalue weighted by molar-refractivity contribution is -0.137. The van der Waals surface area contributed by atoms with E-state index in [4.69, 9.17) is 0 Å². The van der Waals surface area contributed by atoms with Crippen LogP contribution in [-0.2, 0) is 19.0 Å². The second-order valence-corrected chi connectivity index (χ2v) is 6.48. The lowest BCUT2D eigenvalue weighted by Gasteiger charge is -2.07. The van der Waals surface area contributed by atoms with Crippen LogP contribution in [0.25, 0.3) is 22.2 Å². The lowest BCUT2D eigenvalue weighted by Crippen LogP contribution is -2.04. The van der Waals surface area contributed by atoms with E-state index < -0.39 is 11.7 Å².